The van der Waals surface area contributed by atoms with Crippen LogP contribution in [0.2, 0.25) is 0 Å². The number of carbonyl (C=O) groups excluding carboxylic acids is 2. The molecule has 4 nitrogen and oxygen atoms in total. The number of rotatable bonds is 7. The van der Waals surface area contributed by atoms with Crippen molar-refractivity contribution in [2.75, 3.05) is 13.1 Å². The molecule has 0 fully saturated rings. The minimum Gasteiger partial charge on any atom is -0.358 e. The minimum absolute atomic E-state index is 0.0810. The van der Waals surface area contributed by atoms with E-state index in [1.165, 1.54) is 0 Å². The first-order chi connectivity index (χ1) is 8.20. The SMILES string of the molecule is CCCCC(CNC=O)C(=O)N1CC=CC1C. The standard InChI is InChI=1S/C13H22N2O2/c1-3-4-7-12(9-14-10-16)13(17)15-8-5-6-11(15)2/h5-6,10-12H,3-4,7-9H2,1-2H3,(H,14,16). The van der Waals surface area contributed by atoms with E-state index in [-0.39, 0.29) is 17.9 Å². The van der Waals surface area contributed by atoms with Gasteiger partial charge in [0, 0.05) is 19.1 Å². The van der Waals surface area contributed by atoms with Crippen molar-refractivity contribution >= 4 is 12.3 Å². The third-order valence-electron chi connectivity index (χ3n) is 3.19. The summed E-state index contributed by atoms with van der Waals surface area (Å²) < 4.78 is 0. The molecule has 96 valence electrons. The first kappa shape index (κ1) is 13.7. The highest BCUT2D eigenvalue weighted by Crippen LogP contribution is 2.17. The van der Waals surface area contributed by atoms with Crippen LogP contribution >= 0.6 is 0 Å². The van der Waals surface area contributed by atoms with Crippen LogP contribution in [0.15, 0.2) is 12.2 Å². The minimum atomic E-state index is -0.0810. The molecule has 0 aromatic carbocycles. The summed E-state index contributed by atoms with van der Waals surface area (Å²) in [6.07, 6.45) is 7.66. The molecule has 17 heavy (non-hydrogen) atoms. The van der Waals surface area contributed by atoms with Gasteiger partial charge in [0.1, 0.15) is 0 Å². The maximum absolute atomic E-state index is 12.3. The summed E-state index contributed by atoms with van der Waals surface area (Å²) in [5.41, 5.74) is 0. The zero-order valence-corrected chi connectivity index (χ0v) is 10.7. The molecule has 1 aliphatic rings. The fraction of sp³-hybridized carbons (Fsp3) is 0.692. The average molecular weight is 238 g/mol. The summed E-state index contributed by atoms with van der Waals surface area (Å²) in [6.45, 7) is 5.27. The van der Waals surface area contributed by atoms with Crippen molar-refractivity contribution in [3.05, 3.63) is 12.2 Å². The summed E-state index contributed by atoms with van der Waals surface area (Å²) in [7, 11) is 0. The van der Waals surface area contributed by atoms with Crippen molar-refractivity contribution in [3.63, 3.8) is 0 Å². The number of amides is 2. The van der Waals surface area contributed by atoms with E-state index in [0.29, 0.717) is 19.5 Å². The Hall–Kier alpha value is -1.32. The van der Waals surface area contributed by atoms with Crippen molar-refractivity contribution < 1.29 is 9.59 Å². The van der Waals surface area contributed by atoms with Gasteiger partial charge in [0.2, 0.25) is 12.3 Å². The molecule has 0 radical (unpaired) electrons. The predicted molar refractivity (Wildman–Crippen MR) is 67.4 cm³/mol. The lowest BCUT2D eigenvalue weighted by Crippen LogP contribution is -2.42. The monoisotopic (exact) mass is 238 g/mol. The number of unbranched alkanes of at least 4 members (excludes halogenated alkanes) is 1. The van der Waals surface area contributed by atoms with Crippen LogP contribution in [0.5, 0.6) is 0 Å². The van der Waals surface area contributed by atoms with Crippen LogP contribution in [-0.4, -0.2) is 36.3 Å². The highest BCUT2D eigenvalue weighted by molar-refractivity contribution is 5.80. The van der Waals surface area contributed by atoms with Gasteiger partial charge in [-0.3, -0.25) is 9.59 Å². The molecule has 0 spiro atoms. The van der Waals surface area contributed by atoms with Gasteiger partial charge < -0.3 is 10.2 Å². The molecule has 0 saturated heterocycles. The van der Waals surface area contributed by atoms with Gasteiger partial charge in [0.25, 0.3) is 0 Å². The molecule has 4 heteroatoms. The second kappa shape index (κ2) is 7.09. The normalized spacial score (nSPS) is 20.4. The van der Waals surface area contributed by atoms with Gasteiger partial charge in [-0.05, 0) is 13.3 Å². The van der Waals surface area contributed by atoms with Gasteiger partial charge in [0.05, 0.1) is 5.92 Å². The smallest absolute Gasteiger partial charge is 0.228 e. The third kappa shape index (κ3) is 3.88. The van der Waals surface area contributed by atoms with Crippen LogP contribution in [-0.2, 0) is 9.59 Å². The van der Waals surface area contributed by atoms with Crippen LogP contribution in [0.25, 0.3) is 0 Å². The molecule has 0 aliphatic carbocycles. The lowest BCUT2D eigenvalue weighted by molar-refractivity contribution is -0.135. The van der Waals surface area contributed by atoms with E-state index >= 15 is 0 Å². The van der Waals surface area contributed by atoms with Crippen molar-refractivity contribution in [2.45, 2.75) is 39.2 Å². The van der Waals surface area contributed by atoms with Gasteiger partial charge in [-0.2, -0.15) is 0 Å². The van der Waals surface area contributed by atoms with E-state index in [9.17, 15) is 9.59 Å². The number of hydrogen-bond donors (Lipinski definition) is 1. The largest absolute Gasteiger partial charge is 0.358 e. The Bertz CT molecular complexity index is 289. The van der Waals surface area contributed by atoms with Crippen LogP contribution in [0.3, 0.4) is 0 Å². The molecule has 0 bridgehead atoms. The quantitative estimate of drug-likeness (QED) is 0.537. The zero-order valence-electron chi connectivity index (χ0n) is 10.7. The molecular formula is C13H22N2O2. The van der Waals surface area contributed by atoms with E-state index in [1.807, 2.05) is 24.0 Å². The Labute approximate surface area is 103 Å². The first-order valence-corrected chi connectivity index (χ1v) is 6.34. The van der Waals surface area contributed by atoms with E-state index in [4.69, 9.17) is 0 Å². The van der Waals surface area contributed by atoms with E-state index in [2.05, 4.69) is 12.2 Å². The average Bonchev–Trinajstić information content (AvgIpc) is 2.75. The fourth-order valence-corrected chi connectivity index (χ4v) is 2.12. The zero-order chi connectivity index (χ0) is 12.7. The van der Waals surface area contributed by atoms with E-state index in [1.54, 1.807) is 0 Å². The lowest BCUT2D eigenvalue weighted by atomic mass is 10.00. The molecule has 0 aromatic heterocycles. The highest BCUT2D eigenvalue weighted by atomic mass is 16.2. The van der Waals surface area contributed by atoms with E-state index < -0.39 is 0 Å². The number of nitrogens with one attached hydrogen (secondary N) is 1. The van der Waals surface area contributed by atoms with Crippen LogP contribution in [0, 0.1) is 5.92 Å². The second-order valence-electron chi connectivity index (χ2n) is 4.52. The molecule has 2 unspecified atom stereocenters. The van der Waals surface area contributed by atoms with E-state index in [0.717, 1.165) is 19.3 Å². The summed E-state index contributed by atoms with van der Waals surface area (Å²) in [4.78, 5) is 24.5. The van der Waals surface area contributed by atoms with Gasteiger partial charge in [0.15, 0.2) is 0 Å². The molecule has 1 N–H and O–H groups in total. The molecule has 1 aliphatic heterocycles. The maximum atomic E-state index is 12.3. The van der Waals surface area contributed by atoms with Crippen LogP contribution < -0.4 is 5.32 Å². The lowest BCUT2D eigenvalue weighted by Gasteiger charge is -2.26. The number of nitrogens with zero attached hydrogens (tertiary/aromatic N) is 1. The molecule has 2 atom stereocenters. The third-order valence-corrected chi connectivity index (χ3v) is 3.19. The molecule has 1 heterocycles. The summed E-state index contributed by atoms with van der Waals surface area (Å²) in [5.74, 6) is 0.0767. The Morgan fingerprint density at radius 1 is 1.65 bits per heavy atom. The van der Waals surface area contributed by atoms with Gasteiger partial charge >= 0.3 is 0 Å². The Balaban J connectivity index is 2.54. The summed E-state index contributed by atoms with van der Waals surface area (Å²) in [6, 6.07) is 0.183. The van der Waals surface area contributed by atoms with Crippen LogP contribution in [0.1, 0.15) is 33.1 Å². The molecule has 0 aromatic rings. The van der Waals surface area contributed by atoms with Crippen molar-refractivity contribution in [1.82, 2.24) is 10.2 Å². The Morgan fingerprint density at radius 3 is 2.94 bits per heavy atom. The van der Waals surface area contributed by atoms with Crippen molar-refractivity contribution in [1.29, 1.82) is 0 Å². The maximum Gasteiger partial charge on any atom is 0.228 e. The number of carbonyl (C=O) groups is 2. The molecular weight excluding hydrogens is 216 g/mol. The number of hydrogen-bond acceptors (Lipinski definition) is 2. The summed E-state index contributed by atoms with van der Waals surface area (Å²) in [5, 5.41) is 2.63. The second-order valence-corrected chi connectivity index (χ2v) is 4.52. The van der Waals surface area contributed by atoms with Gasteiger partial charge in [-0.15, -0.1) is 0 Å². The Kier molecular flexibility index (Phi) is 5.73. The van der Waals surface area contributed by atoms with Crippen molar-refractivity contribution in [2.24, 2.45) is 5.92 Å². The first-order valence-electron chi connectivity index (χ1n) is 6.34. The summed E-state index contributed by atoms with van der Waals surface area (Å²) >= 11 is 0. The fourth-order valence-electron chi connectivity index (χ4n) is 2.12. The molecule has 0 saturated carbocycles. The van der Waals surface area contributed by atoms with Gasteiger partial charge in [-0.1, -0.05) is 31.9 Å². The highest BCUT2D eigenvalue weighted by Gasteiger charge is 2.27. The topological polar surface area (TPSA) is 49.4 Å². The predicted octanol–water partition coefficient (Wildman–Crippen LogP) is 1.33. The van der Waals surface area contributed by atoms with Crippen molar-refractivity contribution in [3.8, 4) is 0 Å². The van der Waals surface area contributed by atoms with Gasteiger partial charge in [-0.25, -0.2) is 0 Å². The molecule has 1 rings (SSSR count). The Morgan fingerprint density at radius 2 is 2.41 bits per heavy atom. The van der Waals surface area contributed by atoms with Crippen LogP contribution in [0.4, 0.5) is 0 Å². The molecule has 2 amide bonds.